The van der Waals surface area contributed by atoms with Crippen molar-refractivity contribution in [3.05, 3.63) is 23.0 Å². The maximum atomic E-state index is 6.22. The van der Waals surface area contributed by atoms with Crippen molar-refractivity contribution in [1.29, 1.82) is 0 Å². The molecule has 0 aromatic carbocycles. The summed E-state index contributed by atoms with van der Waals surface area (Å²) in [6.07, 6.45) is 4.08. The highest BCUT2D eigenvalue weighted by Gasteiger charge is 2.33. The molecule has 0 spiro atoms. The highest BCUT2D eigenvalue weighted by molar-refractivity contribution is 6.33. The molecule has 2 heterocycles. The Morgan fingerprint density at radius 1 is 1.61 bits per heavy atom. The van der Waals surface area contributed by atoms with E-state index in [2.05, 4.69) is 15.6 Å². The first kappa shape index (κ1) is 13.6. The molecule has 2 rings (SSSR count). The molecule has 1 saturated heterocycles. The Morgan fingerprint density at radius 2 is 2.44 bits per heavy atom. The fourth-order valence-electron chi connectivity index (χ4n) is 2.42. The average molecular weight is 270 g/mol. The topological polar surface area (TPSA) is 46.2 Å². The van der Waals surface area contributed by atoms with Crippen LogP contribution in [0.5, 0.6) is 0 Å². The first-order valence-electron chi connectivity index (χ1n) is 6.26. The number of hydrogen-bond acceptors (Lipinski definition) is 4. The molecule has 1 fully saturated rings. The Kier molecular flexibility index (Phi) is 4.43. The minimum Gasteiger partial charge on any atom is -0.383 e. The standard InChI is InChI=1S/C13H20ClN3O/c1-10-12(14)11(4-7-15-10)16-8-13(9-18-2)5-3-6-17-13/h4,7,17H,3,5-6,8-9H2,1-2H3,(H,15,16). The van der Waals surface area contributed by atoms with Crippen LogP contribution in [-0.4, -0.2) is 37.3 Å². The van der Waals surface area contributed by atoms with Crippen molar-refractivity contribution in [2.45, 2.75) is 25.3 Å². The van der Waals surface area contributed by atoms with Crippen molar-refractivity contribution >= 4 is 17.3 Å². The van der Waals surface area contributed by atoms with Gasteiger partial charge in [-0.3, -0.25) is 4.98 Å². The van der Waals surface area contributed by atoms with Gasteiger partial charge in [-0.25, -0.2) is 0 Å². The van der Waals surface area contributed by atoms with Crippen LogP contribution in [0, 0.1) is 6.92 Å². The number of halogens is 1. The molecule has 0 amide bonds. The maximum absolute atomic E-state index is 6.22. The quantitative estimate of drug-likeness (QED) is 0.861. The molecule has 0 saturated carbocycles. The monoisotopic (exact) mass is 269 g/mol. The summed E-state index contributed by atoms with van der Waals surface area (Å²) in [6, 6.07) is 1.91. The molecule has 100 valence electrons. The third-order valence-electron chi connectivity index (χ3n) is 3.43. The minimum atomic E-state index is 0.0231. The van der Waals surface area contributed by atoms with E-state index in [1.165, 1.54) is 6.42 Å². The molecular formula is C13H20ClN3O. The van der Waals surface area contributed by atoms with E-state index in [1.807, 2.05) is 13.0 Å². The number of nitrogens with zero attached hydrogens (tertiary/aromatic N) is 1. The molecule has 1 atom stereocenters. The van der Waals surface area contributed by atoms with Crippen molar-refractivity contribution in [3.63, 3.8) is 0 Å². The maximum Gasteiger partial charge on any atom is 0.0849 e. The summed E-state index contributed by atoms with van der Waals surface area (Å²) in [5.41, 5.74) is 1.81. The van der Waals surface area contributed by atoms with Crippen molar-refractivity contribution in [2.75, 3.05) is 32.1 Å². The molecule has 1 unspecified atom stereocenters. The van der Waals surface area contributed by atoms with Gasteiger partial charge in [0.25, 0.3) is 0 Å². The molecule has 4 nitrogen and oxygen atoms in total. The van der Waals surface area contributed by atoms with Gasteiger partial charge in [-0.15, -0.1) is 0 Å². The molecular weight excluding hydrogens is 250 g/mol. The van der Waals surface area contributed by atoms with E-state index >= 15 is 0 Å². The number of aromatic nitrogens is 1. The predicted octanol–water partition coefficient (Wildman–Crippen LogP) is 2.22. The third kappa shape index (κ3) is 2.94. The van der Waals surface area contributed by atoms with Crippen molar-refractivity contribution < 1.29 is 4.74 Å². The second-order valence-corrected chi connectivity index (χ2v) is 5.23. The molecule has 5 heteroatoms. The van der Waals surface area contributed by atoms with Crippen LogP contribution in [0.3, 0.4) is 0 Å². The van der Waals surface area contributed by atoms with Gasteiger partial charge in [0.1, 0.15) is 0 Å². The van der Waals surface area contributed by atoms with Gasteiger partial charge in [-0.05, 0) is 32.4 Å². The van der Waals surface area contributed by atoms with Crippen LogP contribution < -0.4 is 10.6 Å². The van der Waals surface area contributed by atoms with Crippen molar-refractivity contribution in [1.82, 2.24) is 10.3 Å². The van der Waals surface area contributed by atoms with Crippen molar-refractivity contribution in [2.24, 2.45) is 0 Å². The first-order valence-corrected chi connectivity index (χ1v) is 6.64. The van der Waals surface area contributed by atoms with Crippen LogP contribution in [0.15, 0.2) is 12.3 Å². The summed E-state index contributed by atoms with van der Waals surface area (Å²) in [5.74, 6) is 0. The second kappa shape index (κ2) is 5.87. The van der Waals surface area contributed by atoms with Gasteiger partial charge in [0, 0.05) is 19.9 Å². The molecule has 1 aromatic rings. The van der Waals surface area contributed by atoms with Gasteiger partial charge in [0.2, 0.25) is 0 Å². The van der Waals surface area contributed by atoms with Gasteiger partial charge in [-0.2, -0.15) is 0 Å². The van der Waals surface area contributed by atoms with Gasteiger partial charge >= 0.3 is 0 Å². The van der Waals surface area contributed by atoms with E-state index < -0.39 is 0 Å². The predicted molar refractivity (Wildman–Crippen MR) is 74.3 cm³/mol. The van der Waals surface area contributed by atoms with E-state index in [4.69, 9.17) is 16.3 Å². The number of methoxy groups -OCH3 is 1. The summed E-state index contributed by atoms with van der Waals surface area (Å²) >= 11 is 6.22. The molecule has 2 N–H and O–H groups in total. The van der Waals surface area contributed by atoms with Gasteiger partial charge in [0.05, 0.1) is 28.5 Å². The molecule has 1 aliphatic heterocycles. The van der Waals surface area contributed by atoms with Gasteiger partial charge in [0.15, 0.2) is 0 Å². The Hall–Kier alpha value is -0.840. The van der Waals surface area contributed by atoms with Gasteiger partial charge in [-0.1, -0.05) is 11.6 Å². The normalized spacial score (nSPS) is 23.3. The third-order valence-corrected chi connectivity index (χ3v) is 3.91. The summed E-state index contributed by atoms with van der Waals surface area (Å²) in [4.78, 5) is 4.16. The molecule has 0 aliphatic carbocycles. The first-order chi connectivity index (χ1) is 8.67. The van der Waals surface area contributed by atoms with Crippen LogP contribution in [0.2, 0.25) is 5.02 Å². The highest BCUT2D eigenvalue weighted by atomic mass is 35.5. The zero-order chi connectivity index (χ0) is 13.0. The number of ether oxygens (including phenoxy) is 1. The van der Waals surface area contributed by atoms with Crippen LogP contribution in [0.25, 0.3) is 0 Å². The number of aryl methyl sites for hydroxylation is 1. The summed E-state index contributed by atoms with van der Waals surface area (Å²) in [7, 11) is 1.74. The van der Waals surface area contributed by atoms with Crippen LogP contribution in [0.4, 0.5) is 5.69 Å². The average Bonchev–Trinajstić information content (AvgIpc) is 2.81. The molecule has 0 bridgehead atoms. The molecule has 1 aliphatic rings. The zero-order valence-electron chi connectivity index (χ0n) is 10.9. The van der Waals surface area contributed by atoms with Gasteiger partial charge < -0.3 is 15.4 Å². The lowest BCUT2D eigenvalue weighted by atomic mass is 9.98. The Morgan fingerprint density at radius 3 is 3.11 bits per heavy atom. The number of rotatable bonds is 5. The van der Waals surface area contributed by atoms with E-state index in [0.717, 1.165) is 30.9 Å². The number of nitrogens with one attached hydrogen (secondary N) is 2. The fraction of sp³-hybridized carbons (Fsp3) is 0.615. The smallest absolute Gasteiger partial charge is 0.0849 e. The Bertz CT molecular complexity index is 405. The number of hydrogen-bond donors (Lipinski definition) is 2. The Balaban J connectivity index is 2.03. The SMILES string of the molecule is COCC1(CNc2ccnc(C)c2Cl)CCCN1. The lowest BCUT2D eigenvalue weighted by molar-refractivity contribution is 0.127. The van der Waals surface area contributed by atoms with Crippen LogP contribution >= 0.6 is 11.6 Å². The molecule has 0 radical (unpaired) electrons. The summed E-state index contributed by atoms with van der Waals surface area (Å²) < 4.78 is 5.32. The Labute approximate surface area is 113 Å². The van der Waals surface area contributed by atoms with Crippen LogP contribution in [-0.2, 0) is 4.74 Å². The second-order valence-electron chi connectivity index (χ2n) is 4.86. The largest absolute Gasteiger partial charge is 0.383 e. The lowest BCUT2D eigenvalue weighted by Crippen LogP contribution is -2.49. The molecule has 1 aromatic heterocycles. The number of anilines is 1. The zero-order valence-corrected chi connectivity index (χ0v) is 11.7. The molecule has 18 heavy (non-hydrogen) atoms. The minimum absolute atomic E-state index is 0.0231. The van der Waals surface area contributed by atoms with E-state index in [0.29, 0.717) is 11.6 Å². The van der Waals surface area contributed by atoms with Crippen molar-refractivity contribution in [3.8, 4) is 0 Å². The highest BCUT2D eigenvalue weighted by Crippen LogP contribution is 2.26. The van der Waals surface area contributed by atoms with E-state index in [1.54, 1.807) is 13.3 Å². The van der Waals surface area contributed by atoms with E-state index in [9.17, 15) is 0 Å². The fourth-order valence-corrected chi connectivity index (χ4v) is 2.60. The van der Waals surface area contributed by atoms with Crippen LogP contribution in [0.1, 0.15) is 18.5 Å². The lowest BCUT2D eigenvalue weighted by Gasteiger charge is -2.29. The van der Waals surface area contributed by atoms with E-state index in [-0.39, 0.29) is 5.54 Å². The summed E-state index contributed by atoms with van der Waals surface area (Å²) in [5, 5.41) is 7.63. The number of pyridine rings is 1. The summed E-state index contributed by atoms with van der Waals surface area (Å²) in [6.45, 7) is 4.48.